The highest BCUT2D eigenvalue weighted by Crippen LogP contribution is 2.43. The van der Waals surface area contributed by atoms with E-state index in [1.807, 2.05) is 16.8 Å². The molecule has 174 valence electrons. The van der Waals surface area contributed by atoms with Crippen molar-refractivity contribution in [3.63, 3.8) is 0 Å². The van der Waals surface area contributed by atoms with Crippen LogP contribution < -0.4 is 10.9 Å². The Balaban J connectivity index is 1.52. The number of hydrogen-bond donors (Lipinski definition) is 2. The van der Waals surface area contributed by atoms with Gasteiger partial charge in [0, 0.05) is 11.9 Å². The lowest BCUT2D eigenvalue weighted by atomic mass is 9.93. The van der Waals surface area contributed by atoms with Crippen molar-refractivity contribution in [2.75, 3.05) is 5.32 Å². The molecule has 2 unspecified atom stereocenters. The molecular weight excluding hydrogens is 428 g/mol. The van der Waals surface area contributed by atoms with Crippen molar-refractivity contribution in [1.82, 2.24) is 29.8 Å². The summed E-state index contributed by atoms with van der Waals surface area (Å²) in [5.41, 5.74) is 3.63. The summed E-state index contributed by atoms with van der Waals surface area (Å²) in [6.07, 6.45) is 7.57. The molecule has 4 aromatic rings. The minimum Gasteiger partial charge on any atom is -0.338 e. The fraction of sp³-hybridized carbons (Fsp3) is 0.400. The zero-order valence-electron chi connectivity index (χ0n) is 19.6. The van der Waals surface area contributed by atoms with Crippen LogP contribution in [0.5, 0.6) is 0 Å². The van der Waals surface area contributed by atoms with Crippen molar-refractivity contribution < 1.29 is 0 Å². The van der Waals surface area contributed by atoms with Gasteiger partial charge in [-0.2, -0.15) is 25.4 Å². The van der Waals surface area contributed by atoms with Crippen LogP contribution in [0.25, 0.3) is 10.9 Å². The van der Waals surface area contributed by atoms with Crippen LogP contribution >= 0.6 is 0 Å². The van der Waals surface area contributed by atoms with Gasteiger partial charge in [-0.25, -0.2) is 0 Å². The van der Waals surface area contributed by atoms with E-state index >= 15 is 0 Å². The molecule has 9 nitrogen and oxygen atoms in total. The number of nitriles is 1. The van der Waals surface area contributed by atoms with Gasteiger partial charge in [0.25, 0.3) is 5.56 Å². The fourth-order valence-electron chi connectivity index (χ4n) is 4.81. The Morgan fingerprint density at radius 3 is 2.65 bits per heavy atom. The fourth-order valence-corrected chi connectivity index (χ4v) is 4.81. The lowest BCUT2D eigenvalue weighted by Gasteiger charge is -2.23. The first-order chi connectivity index (χ1) is 16.5. The average Bonchev–Trinajstić information content (AvgIpc) is 3.38. The van der Waals surface area contributed by atoms with Crippen molar-refractivity contribution in [3.05, 3.63) is 64.3 Å². The Kier molecular flexibility index (Phi) is 5.65. The van der Waals surface area contributed by atoms with Gasteiger partial charge in [-0.3, -0.25) is 9.48 Å². The van der Waals surface area contributed by atoms with Crippen molar-refractivity contribution in [1.29, 1.82) is 5.26 Å². The number of aromatic nitrogens is 6. The summed E-state index contributed by atoms with van der Waals surface area (Å²) in [5, 5.41) is 26.7. The maximum absolute atomic E-state index is 12.8. The van der Waals surface area contributed by atoms with E-state index < -0.39 is 0 Å². The molecule has 9 heteroatoms. The maximum Gasteiger partial charge on any atom is 0.261 e. The predicted molar refractivity (Wildman–Crippen MR) is 130 cm³/mol. The minimum absolute atomic E-state index is 0.0252. The standard InChI is InChI=1S/C25H28N8O/c1-15(2)23(33-28-12-13-29-33)19-7-6-18(14-16(19)3)30-24-22-21(9-11-27-25(22)34)32(31-24)20(8-10-26)17-4-5-17/h6-7,9,11-15,17,20,23H,4-5,8H2,1-3H3,(H,27,34)(H,30,31). The second-order valence-electron chi connectivity index (χ2n) is 9.36. The van der Waals surface area contributed by atoms with E-state index in [2.05, 4.69) is 59.5 Å². The first kappa shape index (κ1) is 21.9. The number of rotatable bonds is 8. The van der Waals surface area contributed by atoms with Crippen LogP contribution in [0.3, 0.4) is 0 Å². The van der Waals surface area contributed by atoms with Crippen molar-refractivity contribution >= 4 is 22.4 Å². The largest absolute Gasteiger partial charge is 0.338 e. The number of aryl methyl sites for hydroxylation is 1. The highest BCUT2D eigenvalue weighted by Gasteiger charge is 2.34. The van der Waals surface area contributed by atoms with Gasteiger partial charge >= 0.3 is 0 Å². The van der Waals surface area contributed by atoms with Crippen LogP contribution in [0.1, 0.15) is 56.3 Å². The first-order valence-corrected chi connectivity index (χ1v) is 11.7. The zero-order valence-corrected chi connectivity index (χ0v) is 19.6. The van der Waals surface area contributed by atoms with E-state index in [1.165, 1.54) is 0 Å². The van der Waals surface area contributed by atoms with Crippen LogP contribution in [-0.2, 0) is 0 Å². The van der Waals surface area contributed by atoms with E-state index in [0.29, 0.717) is 29.5 Å². The summed E-state index contributed by atoms with van der Waals surface area (Å²) in [6, 6.07) is 10.3. The van der Waals surface area contributed by atoms with Gasteiger partial charge in [0.1, 0.15) is 5.39 Å². The van der Waals surface area contributed by atoms with Crippen molar-refractivity contribution in [3.8, 4) is 6.07 Å². The molecule has 3 heterocycles. The number of H-pyrrole nitrogens is 1. The summed E-state index contributed by atoms with van der Waals surface area (Å²) in [5.74, 6) is 1.24. The lowest BCUT2D eigenvalue weighted by Crippen LogP contribution is -2.20. The second kappa shape index (κ2) is 8.78. The molecule has 2 atom stereocenters. The van der Waals surface area contributed by atoms with E-state index in [4.69, 9.17) is 5.10 Å². The van der Waals surface area contributed by atoms with E-state index in [1.54, 1.807) is 23.4 Å². The van der Waals surface area contributed by atoms with Gasteiger partial charge in [0.15, 0.2) is 5.82 Å². The van der Waals surface area contributed by atoms with Crippen LogP contribution in [-0.4, -0.2) is 29.8 Å². The van der Waals surface area contributed by atoms with Gasteiger partial charge in [0.2, 0.25) is 0 Å². The number of pyridine rings is 1. The Bertz CT molecular complexity index is 1410. The summed E-state index contributed by atoms with van der Waals surface area (Å²) in [6.45, 7) is 6.38. The normalized spacial score (nSPS) is 15.4. The topological polar surface area (TPSA) is 117 Å². The smallest absolute Gasteiger partial charge is 0.261 e. The number of fused-ring (bicyclic) bond motifs is 1. The molecule has 1 aliphatic carbocycles. The molecule has 0 bridgehead atoms. The maximum atomic E-state index is 12.8. The molecule has 3 aromatic heterocycles. The number of nitrogens with one attached hydrogen (secondary N) is 2. The third kappa shape index (κ3) is 3.96. The molecule has 0 radical (unpaired) electrons. The molecule has 1 saturated carbocycles. The summed E-state index contributed by atoms with van der Waals surface area (Å²) in [4.78, 5) is 17.3. The number of aromatic amines is 1. The van der Waals surface area contributed by atoms with Gasteiger partial charge in [-0.1, -0.05) is 19.9 Å². The van der Waals surface area contributed by atoms with Gasteiger partial charge in [-0.05, 0) is 60.9 Å². The lowest BCUT2D eigenvalue weighted by molar-refractivity contribution is 0.363. The third-order valence-electron chi connectivity index (χ3n) is 6.58. The van der Waals surface area contributed by atoms with Crippen LogP contribution in [0, 0.1) is 30.1 Å². The van der Waals surface area contributed by atoms with Crippen molar-refractivity contribution in [2.24, 2.45) is 11.8 Å². The Hall–Kier alpha value is -3.93. The van der Waals surface area contributed by atoms with Crippen LogP contribution in [0.2, 0.25) is 0 Å². The second-order valence-corrected chi connectivity index (χ2v) is 9.36. The molecule has 0 spiro atoms. The summed E-state index contributed by atoms with van der Waals surface area (Å²) < 4.78 is 1.87. The molecule has 2 N–H and O–H groups in total. The quantitative estimate of drug-likeness (QED) is 0.404. The molecule has 0 amide bonds. The van der Waals surface area contributed by atoms with E-state index in [0.717, 1.165) is 35.2 Å². The number of nitrogens with zero attached hydrogens (tertiary/aromatic N) is 6. The Morgan fingerprint density at radius 1 is 1.24 bits per heavy atom. The summed E-state index contributed by atoms with van der Waals surface area (Å²) >= 11 is 0. The highest BCUT2D eigenvalue weighted by atomic mass is 16.1. The molecular formula is C25H28N8O. The molecule has 0 aliphatic heterocycles. The van der Waals surface area contributed by atoms with Crippen molar-refractivity contribution in [2.45, 2.75) is 52.1 Å². The SMILES string of the molecule is Cc1cc(Nc2nn(C(CC#N)C3CC3)c3cc[nH]c(=O)c23)ccc1C(C(C)C)n1nccn1. The highest BCUT2D eigenvalue weighted by molar-refractivity contribution is 5.91. The number of benzene rings is 1. The first-order valence-electron chi connectivity index (χ1n) is 11.7. The van der Waals surface area contributed by atoms with E-state index in [-0.39, 0.29) is 17.6 Å². The Labute approximate surface area is 197 Å². The Morgan fingerprint density at radius 2 is 2.00 bits per heavy atom. The molecule has 1 aromatic carbocycles. The monoisotopic (exact) mass is 456 g/mol. The molecule has 1 aliphatic rings. The third-order valence-corrected chi connectivity index (χ3v) is 6.58. The summed E-state index contributed by atoms with van der Waals surface area (Å²) in [7, 11) is 0. The van der Waals surface area contributed by atoms with Gasteiger partial charge in [-0.15, -0.1) is 0 Å². The minimum atomic E-state index is -0.198. The van der Waals surface area contributed by atoms with E-state index in [9.17, 15) is 10.1 Å². The predicted octanol–water partition coefficient (Wildman–Crippen LogP) is 4.48. The molecule has 34 heavy (non-hydrogen) atoms. The van der Waals surface area contributed by atoms with Gasteiger partial charge in [0.05, 0.1) is 42.5 Å². The average molecular weight is 457 g/mol. The molecule has 1 fully saturated rings. The molecule has 5 rings (SSSR count). The number of hydrogen-bond acceptors (Lipinski definition) is 6. The van der Waals surface area contributed by atoms with Gasteiger partial charge < -0.3 is 10.3 Å². The van der Waals surface area contributed by atoms with Crippen LogP contribution in [0.15, 0.2) is 47.7 Å². The zero-order chi connectivity index (χ0) is 23.8. The number of anilines is 2. The molecule has 0 saturated heterocycles. The van der Waals surface area contributed by atoms with Crippen LogP contribution in [0.4, 0.5) is 11.5 Å².